The zero-order chi connectivity index (χ0) is 14.5. The maximum atomic E-state index is 4.60. The van der Waals surface area contributed by atoms with E-state index in [-0.39, 0.29) is 0 Å². The number of hydrogen-bond donors (Lipinski definition) is 0. The Kier molecular flexibility index (Phi) is 4.34. The van der Waals surface area contributed by atoms with Crippen molar-refractivity contribution in [2.45, 2.75) is 6.54 Å². The second kappa shape index (κ2) is 6.18. The van der Waals surface area contributed by atoms with Gasteiger partial charge in [-0.25, -0.2) is 14.7 Å². The lowest BCUT2D eigenvalue weighted by atomic mass is 10.3. The maximum absolute atomic E-state index is 4.60. The second-order valence-electron chi connectivity index (χ2n) is 4.83. The van der Waals surface area contributed by atoms with Crippen molar-refractivity contribution >= 4 is 5.96 Å². The molecule has 0 spiro atoms. The number of aliphatic imine (C=N–C) groups is 1. The van der Waals surface area contributed by atoms with Crippen molar-refractivity contribution in [1.82, 2.24) is 24.6 Å². The second-order valence-corrected chi connectivity index (χ2v) is 4.83. The van der Waals surface area contributed by atoms with Crippen LogP contribution in [0.25, 0.3) is 5.69 Å². The molecule has 6 nitrogen and oxygen atoms in total. The van der Waals surface area contributed by atoms with Gasteiger partial charge in [-0.2, -0.15) is 5.10 Å². The van der Waals surface area contributed by atoms with Crippen LogP contribution in [0.3, 0.4) is 0 Å². The van der Waals surface area contributed by atoms with E-state index in [1.807, 2.05) is 73.0 Å². The molecular weight excluding hydrogens is 252 g/mol. The lowest BCUT2D eigenvalue weighted by Gasteiger charge is -2.22. The van der Waals surface area contributed by atoms with Gasteiger partial charge >= 0.3 is 0 Å². The highest BCUT2D eigenvalue weighted by atomic mass is 15.4. The van der Waals surface area contributed by atoms with Crippen LogP contribution in [0.5, 0.6) is 0 Å². The summed E-state index contributed by atoms with van der Waals surface area (Å²) in [6.45, 7) is 0.487. The van der Waals surface area contributed by atoms with Gasteiger partial charge in [-0.05, 0) is 12.1 Å². The highest BCUT2D eigenvalue weighted by molar-refractivity contribution is 5.79. The summed E-state index contributed by atoms with van der Waals surface area (Å²) in [4.78, 5) is 12.8. The molecule has 0 aliphatic heterocycles. The Labute approximate surface area is 119 Å². The van der Waals surface area contributed by atoms with Crippen LogP contribution in [0.2, 0.25) is 0 Å². The molecule has 2 aromatic rings. The van der Waals surface area contributed by atoms with Gasteiger partial charge in [-0.1, -0.05) is 18.2 Å². The lowest BCUT2D eigenvalue weighted by molar-refractivity contribution is 0.478. The highest BCUT2D eigenvalue weighted by Gasteiger charge is 2.08. The Morgan fingerprint density at radius 2 is 1.75 bits per heavy atom. The van der Waals surface area contributed by atoms with Crippen molar-refractivity contribution in [1.29, 1.82) is 0 Å². The van der Waals surface area contributed by atoms with Gasteiger partial charge in [0.15, 0.2) is 11.8 Å². The molecule has 1 aromatic carbocycles. The smallest absolute Gasteiger partial charge is 0.195 e. The summed E-state index contributed by atoms with van der Waals surface area (Å²) < 4.78 is 1.81. The van der Waals surface area contributed by atoms with Crippen molar-refractivity contribution in [2.75, 3.05) is 28.2 Å². The standard InChI is InChI=1S/C14H20N6/c1-18(2)14(19(3)4)15-10-13-16-11-17-20(13)12-8-6-5-7-9-12/h5-9,11H,10H2,1-4H3. The van der Waals surface area contributed by atoms with E-state index in [0.29, 0.717) is 6.54 Å². The first-order chi connectivity index (χ1) is 9.59. The van der Waals surface area contributed by atoms with Gasteiger partial charge in [0.25, 0.3) is 0 Å². The van der Waals surface area contributed by atoms with E-state index in [0.717, 1.165) is 17.5 Å². The molecule has 0 N–H and O–H groups in total. The molecule has 0 aliphatic rings. The molecule has 0 saturated carbocycles. The molecule has 0 unspecified atom stereocenters. The fraction of sp³-hybridized carbons (Fsp3) is 0.357. The Morgan fingerprint density at radius 3 is 2.35 bits per heavy atom. The van der Waals surface area contributed by atoms with Crippen molar-refractivity contribution in [3.63, 3.8) is 0 Å². The predicted molar refractivity (Wildman–Crippen MR) is 79.9 cm³/mol. The number of nitrogens with zero attached hydrogens (tertiary/aromatic N) is 6. The largest absolute Gasteiger partial charge is 0.349 e. The number of hydrogen-bond acceptors (Lipinski definition) is 3. The molecule has 1 heterocycles. The first kappa shape index (κ1) is 14.0. The molecule has 106 valence electrons. The molecule has 6 heteroatoms. The maximum Gasteiger partial charge on any atom is 0.195 e. The molecule has 2 rings (SSSR count). The van der Waals surface area contributed by atoms with Gasteiger partial charge in [0.2, 0.25) is 0 Å². The third kappa shape index (κ3) is 3.14. The van der Waals surface area contributed by atoms with Gasteiger partial charge in [-0.3, -0.25) is 0 Å². The normalized spacial score (nSPS) is 10.2. The van der Waals surface area contributed by atoms with Crippen LogP contribution in [0, 0.1) is 0 Å². The fourth-order valence-electron chi connectivity index (χ4n) is 1.98. The van der Waals surface area contributed by atoms with Crippen molar-refractivity contribution < 1.29 is 0 Å². The van der Waals surface area contributed by atoms with Gasteiger partial charge in [-0.15, -0.1) is 0 Å². The third-order valence-electron chi connectivity index (χ3n) is 2.78. The van der Waals surface area contributed by atoms with Crippen LogP contribution in [-0.2, 0) is 6.54 Å². The molecule has 0 atom stereocenters. The first-order valence-electron chi connectivity index (χ1n) is 6.43. The highest BCUT2D eigenvalue weighted by Crippen LogP contribution is 2.08. The van der Waals surface area contributed by atoms with Crippen LogP contribution in [0.4, 0.5) is 0 Å². The first-order valence-corrected chi connectivity index (χ1v) is 6.43. The molecule has 0 saturated heterocycles. The molecule has 0 radical (unpaired) electrons. The molecule has 0 fully saturated rings. The molecular formula is C14H20N6. The van der Waals surface area contributed by atoms with Crippen molar-refractivity contribution in [2.24, 2.45) is 4.99 Å². The minimum absolute atomic E-state index is 0.487. The van der Waals surface area contributed by atoms with Crippen LogP contribution < -0.4 is 0 Å². The number of rotatable bonds is 3. The molecule has 1 aromatic heterocycles. The number of para-hydroxylation sites is 1. The molecule has 20 heavy (non-hydrogen) atoms. The molecule has 0 aliphatic carbocycles. The average Bonchev–Trinajstić information content (AvgIpc) is 2.87. The summed E-state index contributed by atoms with van der Waals surface area (Å²) in [6.07, 6.45) is 1.56. The average molecular weight is 272 g/mol. The SMILES string of the molecule is CN(C)C(=NCc1ncnn1-c1ccccc1)N(C)C. The fourth-order valence-corrected chi connectivity index (χ4v) is 1.98. The topological polar surface area (TPSA) is 49.6 Å². The van der Waals surface area contributed by atoms with Gasteiger partial charge in [0.1, 0.15) is 12.9 Å². The minimum Gasteiger partial charge on any atom is -0.349 e. The van der Waals surface area contributed by atoms with Crippen molar-refractivity contribution in [3.05, 3.63) is 42.5 Å². The number of benzene rings is 1. The van der Waals surface area contributed by atoms with E-state index in [1.54, 1.807) is 6.33 Å². The van der Waals surface area contributed by atoms with Gasteiger partial charge < -0.3 is 9.80 Å². The zero-order valence-corrected chi connectivity index (χ0v) is 12.4. The lowest BCUT2D eigenvalue weighted by Crippen LogP contribution is -2.35. The van der Waals surface area contributed by atoms with Crippen LogP contribution in [0.1, 0.15) is 5.82 Å². The van der Waals surface area contributed by atoms with E-state index in [9.17, 15) is 0 Å². The summed E-state index contributed by atoms with van der Waals surface area (Å²) in [6, 6.07) is 9.94. The Balaban J connectivity index is 2.24. The molecule has 0 amide bonds. The van der Waals surface area contributed by atoms with Gasteiger partial charge in [0.05, 0.1) is 5.69 Å². The molecule has 0 bridgehead atoms. The Hall–Kier alpha value is -2.37. The summed E-state index contributed by atoms with van der Waals surface area (Å²) >= 11 is 0. The van der Waals surface area contributed by atoms with E-state index < -0.39 is 0 Å². The summed E-state index contributed by atoms with van der Waals surface area (Å²) in [7, 11) is 7.89. The van der Waals surface area contributed by atoms with Gasteiger partial charge in [0, 0.05) is 28.2 Å². The number of guanidine groups is 1. The minimum atomic E-state index is 0.487. The number of aromatic nitrogens is 3. The monoisotopic (exact) mass is 272 g/mol. The summed E-state index contributed by atoms with van der Waals surface area (Å²) in [5.74, 6) is 1.71. The van der Waals surface area contributed by atoms with Crippen LogP contribution in [0.15, 0.2) is 41.7 Å². The Morgan fingerprint density at radius 1 is 1.10 bits per heavy atom. The van der Waals surface area contributed by atoms with Crippen LogP contribution in [-0.4, -0.2) is 58.7 Å². The quantitative estimate of drug-likeness (QED) is 0.623. The van der Waals surface area contributed by atoms with E-state index in [4.69, 9.17) is 0 Å². The predicted octanol–water partition coefficient (Wildman–Crippen LogP) is 1.25. The third-order valence-corrected chi connectivity index (χ3v) is 2.78. The van der Waals surface area contributed by atoms with E-state index in [1.165, 1.54) is 0 Å². The van der Waals surface area contributed by atoms with Crippen LogP contribution >= 0.6 is 0 Å². The summed E-state index contributed by atoms with van der Waals surface area (Å²) in [5, 5.41) is 4.26. The van der Waals surface area contributed by atoms with E-state index in [2.05, 4.69) is 15.1 Å². The Bertz CT molecular complexity index is 560. The van der Waals surface area contributed by atoms with Crippen molar-refractivity contribution in [3.8, 4) is 5.69 Å². The van der Waals surface area contributed by atoms with E-state index >= 15 is 0 Å². The summed E-state index contributed by atoms with van der Waals surface area (Å²) in [5.41, 5.74) is 0.992. The zero-order valence-electron chi connectivity index (χ0n) is 12.4.